The average Bonchev–Trinajstić information content (AvgIpc) is 2.60. The molecule has 1 fully saturated rings. The van der Waals surface area contributed by atoms with E-state index in [0.717, 1.165) is 58.8 Å². The van der Waals surface area contributed by atoms with Gasteiger partial charge in [-0.3, -0.25) is 9.69 Å². The Morgan fingerprint density at radius 1 is 0.647 bits per heavy atom. The first-order valence-corrected chi connectivity index (χ1v) is 12.6. The number of halogens is 2. The predicted molar refractivity (Wildman–Crippen MR) is 96.9 cm³/mol. The molecule has 34 heavy (non-hydrogen) atoms. The van der Waals surface area contributed by atoms with Crippen LogP contribution in [0.5, 0.6) is 0 Å². The molecule has 0 aromatic rings. The smallest absolute Gasteiger partial charge is 0.348 e. The normalized spacial score (nSPS) is 18.9. The second-order valence-corrected chi connectivity index (χ2v) is 9.45. The third-order valence-electron chi connectivity index (χ3n) is 4.61. The van der Waals surface area contributed by atoms with Crippen molar-refractivity contribution in [2.45, 2.75) is 12.8 Å². The van der Waals surface area contributed by atoms with Crippen LogP contribution in [0.3, 0.4) is 0 Å². The molecule has 14 nitrogen and oxygen atoms in total. The fourth-order valence-electron chi connectivity index (χ4n) is 2.77. The molecule has 1 radical (unpaired) electrons. The van der Waals surface area contributed by atoms with E-state index in [4.69, 9.17) is 37.3 Å². The maximum Gasteiger partial charge on any atom is 2.00 e. The Morgan fingerprint density at radius 2 is 0.941 bits per heavy atom. The van der Waals surface area contributed by atoms with Crippen LogP contribution in [-0.4, -0.2) is 125 Å². The first-order chi connectivity index (χ1) is 14.9. The van der Waals surface area contributed by atoms with E-state index in [1.807, 2.05) is 14.1 Å². The van der Waals surface area contributed by atoms with Gasteiger partial charge in [-0.1, -0.05) is 0 Å². The van der Waals surface area contributed by atoms with Gasteiger partial charge in [0.15, 0.2) is 0 Å². The molecule has 0 aromatic heterocycles. The van der Waals surface area contributed by atoms with Crippen molar-refractivity contribution in [3.63, 3.8) is 0 Å². The molecular weight excluding hydrogens is 553 g/mol. The van der Waals surface area contributed by atoms with Gasteiger partial charge in [0.1, 0.15) is 0 Å². The van der Waals surface area contributed by atoms with E-state index in [0.29, 0.717) is 6.54 Å². The Hall–Kier alpha value is 0.0895. The largest absolute Gasteiger partial charge is 2.00 e. The van der Waals surface area contributed by atoms with E-state index in [-0.39, 0.29) is 23.0 Å². The van der Waals surface area contributed by atoms with Gasteiger partial charge in [-0.2, -0.15) is 0 Å². The Bertz CT molecular complexity index is 493. The number of amides is 1. The summed E-state index contributed by atoms with van der Waals surface area (Å²) in [6, 6.07) is 0. The third kappa shape index (κ3) is 34.3. The van der Waals surface area contributed by atoms with Gasteiger partial charge in [0, 0.05) is 40.3 Å². The zero-order valence-corrected chi connectivity index (χ0v) is 22.7. The standard InChI is InChI=1S/C17H37N5O.2ClHO4.Cu/c1-18(2)17(23)16-22-11-7-10-20(4)13-12-19(3)8-6-9-21(5)14-15-22;2*2-1(3,4)5;/h6-16H2,1-5H3;2*(H,2,3,4,5);/q;;;+2/p-2. The van der Waals surface area contributed by atoms with Crippen LogP contribution >= 0.6 is 0 Å². The average molecular weight is 590 g/mol. The van der Waals surface area contributed by atoms with Crippen molar-refractivity contribution in [3.8, 4) is 0 Å². The monoisotopic (exact) mass is 588 g/mol. The molecule has 17 heteroatoms. The summed E-state index contributed by atoms with van der Waals surface area (Å²) in [4.78, 5) is 23.2. The van der Waals surface area contributed by atoms with Crippen LogP contribution in [-0.2, 0) is 21.9 Å². The molecule has 209 valence electrons. The van der Waals surface area contributed by atoms with Crippen molar-refractivity contribution in [1.82, 2.24) is 24.5 Å². The van der Waals surface area contributed by atoms with Crippen molar-refractivity contribution in [1.29, 1.82) is 0 Å². The summed E-state index contributed by atoms with van der Waals surface area (Å²) in [5.74, 6) is 0.198. The molecule has 1 saturated heterocycles. The van der Waals surface area contributed by atoms with Crippen molar-refractivity contribution in [3.05, 3.63) is 0 Å². The van der Waals surface area contributed by atoms with Crippen LogP contribution in [0.25, 0.3) is 0 Å². The molecule has 1 heterocycles. The summed E-state index contributed by atoms with van der Waals surface area (Å²) in [7, 11) is 0.383. The molecule has 0 spiro atoms. The maximum atomic E-state index is 12.0. The number of hydrogen-bond donors (Lipinski definition) is 0. The van der Waals surface area contributed by atoms with E-state index in [9.17, 15) is 4.79 Å². The van der Waals surface area contributed by atoms with Crippen molar-refractivity contribution in [2.24, 2.45) is 0 Å². The van der Waals surface area contributed by atoms with Crippen LogP contribution in [0.4, 0.5) is 0 Å². The SMILES string of the molecule is CN1CCCN(C)CCN(CC(=O)N(C)C)CCCN(C)CC1.[Cu+2].[O-][Cl+3]([O-])([O-])[O-].[O-][Cl+3]([O-])([O-])[O-]. The second kappa shape index (κ2) is 20.2. The van der Waals surface area contributed by atoms with Gasteiger partial charge in [-0.15, -0.1) is 20.5 Å². The minimum absolute atomic E-state index is 0. The molecule has 0 aromatic carbocycles. The Morgan fingerprint density at radius 3 is 1.26 bits per heavy atom. The van der Waals surface area contributed by atoms with Crippen LogP contribution in [0.15, 0.2) is 0 Å². The fourth-order valence-corrected chi connectivity index (χ4v) is 2.77. The minimum atomic E-state index is -4.94. The summed E-state index contributed by atoms with van der Waals surface area (Å²) in [5.41, 5.74) is 0. The first kappa shape index (κ1) is 38.6. The quantitative estimate of drug-likeness (QED) is 0.273. The fraction of sp³-hybridized carbons (Fsp3) is 0.941. The van der Waals surface area contributed by atoms with Crippen molar-refractivity contribution < 1.29 is 79.6 Å². The molecular formula is C17H37Cl2CuN5O9. The number of nitrogens with zero attached hydrogens (tertiary/aromatic N) is 5. The molecule has 1 amide bonds. The number of carbonyl (C=O) groups is 1. The van der Waals surface area contributed by atoms with Crippen LogP contribution in [0.2, 0.25) is 0 Å². The summed E-state index contributed by atoms with van der Waals surface area (Å²) < 4.78 is 67.9. The molecule has 0 saturated carbocycles. The Labute approximate surface area is 216 Å². The third-order valence-corrected chi connectivity index (χ3v) is 4.61. The number of rotatable bonds is 2. The van der Waals surface area contributed by atoms with E-state index in [1.165, 1.54) is 6.42 Å². The first-order valence-electron chi connectivity index (χ1n) is 10.1. The summed E-state index contributed by atoms with van der Waals surface area (Å²) in [5, 5.41) is 0. The minimum Gasteiger partial charge on any atom is -0.348 e. The van der Waals surface area contributed by atoms with Gasteiger partial charge < -0.3 is 19.6 Å². The molecule has 1 rings (SSSR count). The van der Waals surface area contributed by atoms with E-state index in [1.54, 1.807) is 4.90 Å². The van der Waals surface area contributed by atoms with Crippen molar-refractivity contribution in [2.75, 3.05) is 94.1 Å². The molecule has 0 bridgehead atoms. The van der Waals surface area contributed by atoms with Crippen molar-refractivity contribution >= 4 is 5.91 Å². The van der Waals surface area contributed by atoms with Gasteiger partial charge in [-0.05, 0) is 60.2 Å². The zero-order chi connectivity index (χ0) is 26.2. The zero-order valence-electron chi connectivity index (χ0n) is 20.2. The predicted octanol–water partition coefficient (Wildman–Crippen LogP) is -9.55. The van der Waals surface area contributed by atoms with Gasteiger partial charge in [0.2, 0.25) is 5.91 Å². The number of hydrogen-bond acceptors (Lipinski definition) is 13. The molecule has 1 aliphatic heterocycles. The Kier molecular flexibility index (Phi) is 22.9. The van der Waals surface area contributed by atoms with E-state index in [2.05, 4.69) is 40.7 Å². The number of carbonyl (C=O) groups excluding carboxylic acids is 1. The van der Waals surface area contributed by atoms with Crippen LogP contribution in [0.1, 0.15) is 12.8 Å². The molecule has 0 unspecified atom stereocenters. The Balaban J connectivity index is -0.000000734. The molecule has 0 aliphatic carbocycles. The van der Waals surface area contributed by atoms with Gasteiger partial charge in [-0.25, -0.2) is 37.3 Å². The molecule has 1 aliphatic rings. The molecule has 0 atom stereocenters. The van der Waals surface area contributed by atoms with Gasteiger partial charge >= 0.3 is 17.1 Å². The second-order valence-electron chi connectivity index (χ2n) is 7.94. The van der Waals surface area contributed by atoms with E-state index < -0.39 is 20.5 Å². The summed E-state index contributed by atoms with van der Waals surface area (Å²) >= 11 is 0. The van der Waals surface area contributed by atoms with Gasteiger partial charge in [0.05, 0.1) is 6.54 Å². The summed E-state index contributed by atoms with van der Waals surface area (Å²) in [6.45, 7) is 9.13. The summed E-state index contributed by atoms with van der Waals surface area (Å²) in [6.07, 6.45) is 2.32. The number of likely N-dealkylation sites (N-methyl/N-ethyl adjacent to an activating group) is 4. The topological polar surface area (TPSA) is 218 Å². The van der Waals surface area contributed by atoms with E-state index >= 15 is 0 Å². The molecule has 0 N–H and O–H groups in total. The van der Waals surface area contributed by atoms with Crippen LogP contribution < -0.4 is 37.3 Å². The maximum absolute atomic E-state index is 12.0. The van der Waals surface area contributed by atoms with Crippen LogP contribution in [0, 0.1) is 20.5 Å². The van der Waals surface area contributed by atoms with Gasteiger partial charge in [0.25, 0.3) is 0 Å².